The van der Waals surface area contributed by atoms with Gasteiger partial charge < -0.3 is 14.5 Å². The van der Waals surface area contributed by atoms with Gasteiger partial charge in [0.15, 0.2) is 11.7 Å². The molecular formula is C17H18N4O3S2. The number of anilines is 1. The third-order valence-corrected chi connectivity index (χ3v) is 5.08. The average molecular weight is 390 g/mol. The first-order chi connectivity index (χ1) is 12.5. The van der Waals surface area contributed by atoms with E-state index in [1.807, 2.05) is 44.4 Å². The van der Waals surface area contributed by atoms with Crippen LogP contribution in [0.3, 0.4) is 0 Å². The maximum atomic E-state index is 11.9. The minimum absolute atomic E-state index is 0.165. The number of carbonyl (C=O) groups excluding carboxylic acids is 1. The molecule has 1 N–H and O–H groups in total. The van der Waals surface area contributed by atoms with Crippen molar-refractivity contribution in [3.63, 3.8) is 0 Å². The molecule has 0 unspecified atom stereocenters. The SMILES string of the molecule is Cc1csc(NC(=O)CSc2nnc(COc3c(C)cccc3C)o2)n1. The van der Waals surface area contributed by atoms with Crippen LogP contribution in [0.5, 0.6) is 5.75 Å². The molecule has 0 bridgehead atoms. The fraction of sp³-hybridized carbons (Fsp3) is 0.294. The van der Waals surface area contributed by atoms with Gasteiger partial charge in [0.25, 0.3) is 11.1 Å². The van der Waals surface area contributed by atoms with Gasteiger partial charge in [-0.15, -0.1) is 21.5 Å². The maximum absolute atomic E-state index is 11.9. The van der Waals surface area contributed by atoms with Gasteiger partial charge in [0.1, 0.15) is 5.75 Å². The predicted molar refractivity (Wildman–Crippen MR) is 101 cm³/mol. The van der Waals surface area contributed by atoms with E-state index >= 15 is 0 Å². The number of rotatable bonds is 7. The van der Waals surface area contributed by atoms with Crippen molar-refractivity contribution in [3.8, 4) is 5.75 Å². The highest BCUT2D eigenvalue weighted by molar-refractivity contribution is 7.99. The van der Waals surface area contributed by atoms with Crippen LogP contribution in [-0.4, -0.2) is 26.8 Å². The molecule has 0 aliphatic heterocycles. The summed E-state index contributed by atoms with van der Waals surface area (Å²) in [6, 6.07) is 5.96. The average Bonchev–Trinajstić information content (AvgIpc) is 3.21. The number of para-hydroxylation sites is 1. The van der Waals surface area contributed by atoms with Crippen molar-refractivity contribution < 1.29 is 13.9 Å². The highest BCUT2D eigenvalue weighted by Gasteiger charge is 2.12. The van der Waals surface area contributed by atoms with Crippen molar-refractivity contribution in [2.75, 3.05) is 11.1 Å². The van der Waals surface area contributed by atoms with Crippen molar-refractivity contribution in [1.82, 2.24) is 15.2 Å². The maximum Gasteiger partial charge on any atom is 0.277 e. The van der Waals surface area contributed by atoms with E-state index in [9.17, 15) is 4.79 Å². The molecule has 0 aliphatic rings. The van der Waals surface area contributed by atoms with Gasteiger partial charge in [-0.2, -0.15) is 0 Å². The monoisotopic (exact) mass is 390 g/mol. The molecule has 0 atom stereocenters. The van der Waals surface area contributed by atoms with Gasteiger partial charge in [-0.25, -0.2) is 4.98 Å². The van der Waals surface area contributed by atoms with Gasteiger partial charge in [-0.05, 0) is 31.9 Å². The predicted octanol–water partition coefficient (Wildman–Crippen LogP) is 3.76. The molecule has 7 nitrogen and oxygen atoms in total. The molecule has 2 aromatic heterocycles. The van der Waals surface area contributed by atoms with Crippen LogP contribution >= 0.6 is 23.1 Å². The zero-order valence-corrected chi connectivity index (χ0v) is 16.2. The number of aryl methyl sites for hydroxylation is 3. The summed E-state index contributed by atoms with van der Waals surface area (Å²) < 4.78 is 11.3. The smallest absolute Gasteiger partial charge is 0.277 e. The zero-order valence-electron chi connectivity index (χ0n) is 14.6. The second kappa shape index (κ2) is 8.33. The number of carbonyl (C=O) groups is 1. The Bertz CT molecular complexity index is 887. The van der Waals surface area contributed by atoms with Gasteiger partial charge in [0.2, 0.25) is 5.91 Å². The molecule has 0 spiro atoms. The lowest BCUT2D eigenvalue weighted by Gasteiger charge is -2.09. The van der Waals surface area contributed by atoms with Crippen LogP contribution in [0, 0.1) is 20.8 Å². The lowest BCUT2D eigenvalue weighted by molar-refractivity contribution is -0.113. The molecule has 3 rings (SSSR count). The normalized spacial score (nSPS) is 10.7. The van der Waals surface area contributed by atoms with E-state index in [0.717, 1.165) is 22.6 Å². The van der Waals surface area contributed by atoms with E-state index in [1.165, 1.54) is 23.1 Å². The van der Waals surface area contributed by atoms with Crippen molar-refractivity contribution >= 4 is 34.1 Å². The van der Waals surface area contributed by atoms with Gasteiger partial charge in [0.05, 0.1) is 11.4 Å². The van der Waals surface area contributed by atoms with E-state index in [0.29, 0.717) is 16.2 Å². The van der Waals surface area contributed by atoms with Gasteiger partial charge in [0, 0.05) is 5.38 Å². The first-order valence-corrected chi connectivity index (χ1v) is 9.74. The van der Waals surface area contributed by atoms with Crippen LogP contribution in [-0.2, 0) is 11.4 Å². The Balaban J connectivity index is 1.49. The number of hydrogen-bond acceptors (Lipinski definition) is 8. The summed E-state index contributed by atoms with van der Waals surface area (Å²) in [5.74, 6) is 1.18. The second-order valence-electron chi connectivity index (χ2n) is 5.60. The first kappa shape index (κ1) is 18.4. The van der Waals surface area contributed by atoms with Crippen LogP contribution in [0.25, 0.3) is 0 Å². The Morgan fingerprint density at radius 2 is 2.04 bits per heavy atom. The molecular weight excluding hydrogens is 372 g/mol. The van der Waals surface area contributed by atoms with E-state index in [1.54, 1.807) is 0 Å². The molecule has 0 radical (unpaired) electrons. The molecule has 9 heteroatoms. The highest BCUT2D eigenvalue weighted by Crippen LogP contribution is 2.24. The highest BCUT2D eigenvalue weighted by atomic mass is 32.2. The number of amides is 1. The number of benzene rings is 1. The molecule has 2 heterocycles. The summed E-state index contributed by atoms with van der Waals surface area (Å²) in [6.07, 6.45) is 0. The Morgan fingerprint density at radius 1 is 1.27 bits per heavy atom. The summed E-state index contributed by atoms with van der Waals surface area (Å²) in [4.78, 5) is 16.1. The van der Waals surface area contributed by atoms with Crippen LogP contribution < -0.4 is 10.1 Å². The second-order valence-corrected chi connectivity index (χ2v) is 7.39. The summed E-state index contributed by atoms with van der Waals surface area (Å²) in [5, 5.41) is 13.4. The number of thiazole rings is 1. The molecule has 0 saturated carbocycles. The van der Waals surface area contributed by atoms with E-state index in [4.69, 9.17) is 9.15 Å². The number of nitrogens with zero attached hydrogens (tertiary/aromatic N) is 3. The van der Waals surface area contributed by atoms with Crippen LogP contribution in [0.15, 0.2) is 33.2 Å². The van der Waals surface area contributed by atoms with Crippen molar-refractivity contribution in [2.24, 2.45) is 0 Å². The van der Waals surface area contributed by atoms with Gasteiger partial charge >= 0.3 is 0 Å². The summed E-state index contributed by atoms with van der Waals surface area (Å²) in [6.45, 7) is 6.03. The van der Waals surface area contributed by atoms with Crippen molar-refractivity contribution in [2.45, 2.75) is 32.6 Å². The molecule has 0 aliphatic carbocycles. The standard InChI is InChI=1S/C17H18N4O3S2/c1-10-5-4-6-11(2)15(10)23-7-14-20-21-17(24-14)26-9-13(22)19-16-18-12(3)8-25-16/h4-6,8H,7,9H2,1-3H3,(H,18,19,22). The molecule has 26 heavy (non-hydrogen) atoms. The Morgan fingerprint density at radius 3 is 2.73 bits per heavy atom. The summed E-state index contributed by atoms with van der Waals surface area (Å²) in [5.41, 5.74) is 2.98. The van der Waals surface area contributed by atoms with Crippen molar-refractivity contribution in [1.29, 1.82) is 0 Å². The van der Waals surface area contributed by atoms with Gasteiger partial charge in [-0.3, -0.25) is 4.79 Å². The lowest BCUT2D eigenvalue weighted by Crippen LogP contribution is -2.13. The van der Waals surface area contributed by atoms with E-state index in [-0.39, 0.29) is 18.3 Å². The van der Waals surface area contributed by atoms with Crippen LogP contribution in [0.4, 0.5) is 5.13 Å². The Hall–Kier alpha value is -2.39. The number of ether oxygens (including phenoxy) is 1. The zero-order chi connectivity index (χ0) is 18.5. The number of hydrogen-bond donors (Lipinski definition) is 1. The fourth-order valence-electron chi connectivity index (χ4n) is 2.21. The molecule has 0 saturated heterocycles. The first-order valence-electron chi connectivity index (χ1n) is 7.87. The van der Waals surface area contributed by atoms with E-state index in [2.05, 4.69) is 20.5 Å². The van der Waals surface area contributed by atoms with E-state index < -0.39 is 0 Å². The molecule has 1 amide bonds. The largest absolute Gasteiger partial charge is 0.483 e. The van der Waals surface area contributed by atoms with Crippen LogP contribution in [0.1, 0.15) is 22.7 Å². The molecule has 136 valence electrons. The minimum Gasteiger partial charge on any atom is -0.483 e. The quantitative estimate of drug-likeness (QED) is 0.614. The fourth-order valence-corrected chi connectivity index (χ4v) is 3.49. The van der Waals surface area contributed by atoms with Crippen LogP contribution in [0.2, 0.25) is 0 Å². The number of aromatic nitrogens is 3. The number of nitrogens with one attached hydrogen (secondary N) is 1. The Labute approximate surface area is 159 Å². The number of thioether (sulfide) groups is 1. The van der Waals surface area contributed by atoms with Gasteiger partial charge in [-0.1, -0.05) is 30.0 Å². The van der Waals surface area contributed by atoms with Crippen molar-refractivity contribution in [3.05, 3.63) is 46.3 Å². The Kier molecular flexibility index (Phi) is 5.89. The topological polar surface area (TPSA) is 90.1 Å². The molecule has 3 aromatic rings. The third-order valence-electron chi connectivity index (χ3n) is 3.39. The molecule has 1 aromatic carbocycles. The third kappa shape index (κ3) is 4.83. The summed E-state index contributed by atoms with van der Waals surface area (Å²) in [7, 11) is 0. The molecule has 0 fully saturated rings. The summed E-state index contributed by atoms with van der Waals surface area (Å²) >= 11 is 2.56. The minimum atomic E-state index is -0.170. The lowest BCUT2D eigenvalue weighted by atomic mass is 10.1.